The zero-order chi connectivity index (χ0) is 27.6. The minimum Gasteiger partial charge on any atom is -0.444 e. The van der Waals surface area contributed by atoms with Crippen LogP contribution >= 0.6 is 0 Å². The molecule has 5 rings (SSSR count). The zero-order valence-corrected chi connectivity index (χ0v) is 24.0. The summed E-state index contributed by atoms with van der Waals surface area (Å²) in [6, 6.07) is 2.09. The van der Waals surface area contributed by atoms with Crippen LogP contribution in [0.25, 0.3) is 10.8 Å². The van der Waals surface area contributed by atoms with Crippen molar-refractivity contribution in [3.8, 4) is 0 Å². The van der Waals surface area contributed by atoms with Crippen molar-refractivity contribution in [2.75, 3.05) is 38.2 Å². The summed E-state index contributed by atoms with van der Waals surface area (Å²) in [5, 5.41) is 5.08. The summed E-state index contributed by atoms with van der Waals surface area (Å²) >= 11 is 0. The fourth-order valence-electron chi connectivity index (χ4n) is 6.18. The molecule has 214 valence electrons. The van der Waals surface area contributed by atoms with Crippen LogP contribution in [0.3, 0.4) is 0 Å². The van der Waals surface area contributed by atoms with E-state index in [0.29, 0.717) is 50.4 Å². The van der Waals surface area contributed by atoms with Crippen molar-refractivity contribution < 1.29 is 19.0 Å². The molecule has 0 bridgehead atoms. The Morgan fingerprint density at radius 2 is 1.82 bits per heavy atom. The van der Waals surface area contributed by atoms with E-state index in [-0.39, 0.29) is 17.7 Å². The number of piperidine rings is 1. The van der Waals surface area contributed by atoms with Gasteiger partial charge in [-0.05, 0) is 75.8 Å². The van der Waals surface area contributed by atoms with Crippen molar-refractivity contribution >= 4 is 22.7 Å². The minimum atomic E-state index is -0.525. The number of amides is 1. The van der Waals surface area contributed by atoms with Gasteiger partial charge in [0.2, 0.25) is 0 Å². The third-order valence-electron chi connectivity index (χ3n) is 8.30. The molecule has 2 aromatic heterocycles. The van der Waals surface area contributed by atoms with Gasteiger partial charge in [0, 0.05) is 50.9 Å². The van der Waals surface area contributed by atoms with Gasteiger partial charge in [0.1, 0.15) is 11.4 Å². The molecular formula is C30H44N4O5. The van der Waals surface area contributed by atoms with Crippen LogP contribution in [0.15, 0.2) is 23.3 Å². The number of nitrogens with one attached hydrogen (secondary N) is 1. The number of ether oxygens (including phenoxy) is 3. The largest absolute Gasteiger partial charge is 0.444 e. The van der Waals surface area contributed by atoms with E-state index in [1.165, 1.54) is 5.56 Å². The lowest BCUT2D eigenvalue weighted by atomic mass is 9.80. The summed E-state index contributed by atoms with van der Waals surface area (Å²) in [7, 11) is 0. The standard InChI is InChI=1S/C30H44N4O5/c1-5-6-13-31-26-18-23-24(19-32-26)27(35)34(22-9-14-33(15-10-22)28(36)39-29(2,3)4)20-25(23)21-7-11-30(12-8-21)37-16-17-38-30/h18-22H,5-17H2,1-4H3,(H,31,32). The Labute approximate surface area is 231 Å². The Bertz CT molecular complexity index is 1210. The number of likely N-dealkylation sites (tertiary alicyclic amines) is 1. The second-order valence-corrected chi connectivity index (χ2v) is 12.3. The second-order valence-electron chi connectivity index (χ2n) is 12.3. The Balaban J connectivity index is 1.42. The SMILES string of the molecule is CCCCNc1cc2c(C3CCC4(CC3)OCCO4)cn(C3CCN(C(=O)OC(C)(C)C)CC3)c(=O)c2cn1. The van der Waals surface area contributed by atoms with Crippen LogP contribution in [-0.2, 0) is 14.2 Å². The predicted molar refractivity (Wildman–Crippen MR) is 151 cm³/mol. The molecular weight excluding hydrogens is 496 g/mol. The number of pyridine rings is 2. The van der Waals surface area contributed by atoms with E-state index < -0.39 is 11.4 Å². The number of nitrogens with zero attached hydrogens (tertiary/aromatic N) is 3. The molecule has 1 N–H and O–H groups in total. The lowest BCUT2D eigenvalue weighted by molar-refractivity contribution is -0.178. The molecule has 1 aliphatic carbocycles. The lowest BCUT2D eigenvalue weighted by Crippen LogP contribution is -2.43. The van der Waals surface area contributed by atoms with Gasteiger partial charge in [-0.15, -0.1) is 0 Å². The molecule has 2 aliphatic heterocycles. The highest BCUT2D eigenvalue weighted by Gasteiger charge is 2.41. The normalized spacial score (nSPS) is 20.6. The first kappa shape index (κ1) is 27.9. The second kappa shape index (κ2) is 11.5. The van der Waals surface area contributed by atoms with Gasteiger partial charge >= 0.3 is 6.09 Å². The topological polar surface area (TPSA) is 94.9 Å². The summed E-state index contributed by atoms with van der Waals surface area (Å²) in [6.45, 7) is 11.1. The number of carbonyl (C=O) groups excluding carboxylic acids is 1. The average molecular weight is 541 g/mol. The van der Waals surface area contributed by atoms with Crippen LogP contribution in [-0.4, -0.2) is 64.8 Å². The number of aromatic nitrogens is 2. The molecule has 1 spiro atoms. The van der Waals surface area contributed by atoms with Crippen LogP contribution < -0.4 is 10.9 Å². The summed E-state index contributed by atoms with van der Waals surface area (Å²) in [6.07, 6.45) is 10.8. The molecule has 0 atom stereocenters. The number of hydrogen-bond donors (Lipinski definition) is 1. The number of anilines is 1. The Hall–Kier alpha value is -2.65. The monoisotopic (exact) mass is 540 g/mol. The van der Waals surface area contributed by atoms with Gasteiger partial charge in [0.05, 0.1) is 18.6 Å². The van der Waals surface area contributed by atoms with E-state index in [1.54, 1.807) is 11.1 Å². The van der Waals surface area contributed by atoms with Crippen LogP contribution in [0.4, 0.5) is 10.6 Å². The highest BCUT2D eigenvalue weighted by molar-refractivity contribution is 5.86. The van der Waals surface area contributed by atoms with Crippen molar-refractivity contribution in [2.45, 2.75) is 102 Å². The summed E-state index contributed by atoms with van der Waals surface area (Å²) < 4.78 is 19.5. The van der Waals surface area contributed by atoms with Crippen LogP contribution in [0, 0.1) is 0 Å². The third-order valence-corrected chi connectivity index (χ3v) is 8.30. The van der Waals surface area contributed by atoms with Gasteiger partial charge in [-0.3, -0.25) is 4.79 Å². The van der Waals surface area contributed by atoms with Crippen molar-refractivity contribution in [1.82, 2.24) is 14.5 Å². The van der Waals surface area contributed by atoms with Crippen molar-refractivity contribution in [3.05, 3.63) is 34.4 Å². The minimum absolute atomic E-state index is 0.00758. The van der Waals surface area contributed by atoms with Crippen molar-refractivity contribution in [1.29, 1.82) is 0 Å². The van der Waals surface area contributed by atoms with Gasteiger partial charge in [-0.25, -0.2) is 9.78 Å². The Kier molecular flexibility index (Phi) is 8.19. The highest BCUT2D eigenvalue weighted by atomic mass is 16.7. The lowest BCUT2D eigenvalue weighted by Gasteiger charge is -2.37. The number of rotatable bonds is 6. The molecule has 39 heavy (non-hydrogen) atoms. The van der Waals surface area contributed by atoms with Gasteiger partial charge in [-0.1, -0.05) is 13.3 Å². The fraction of sp³-hybridized carbons (Fsp3) is 0.700. The molecule has 0 unspecified atom stereocenters. The molecule has 9 nitrogen and oxygen atoms in total. The van der Waals surface area contributed by atoms with E-state index in [0.717, 1.165) is 56.3 Å². The van der Waals surface area contributed by atoms with E-state index in [9.17, 15) is 9.59 Å². The Morgan fingerprint density at radius 1 is 1.13 bits per heavy atom. The predicted octanol–water partition coefficient (Wildman–Crippen LogP) is 5.58. The maximum Gasteiger partial charge on any atom is 0.410 e. The first-order valence-electron chi connectivity index (χ1n) is 14.7. The molecule has 0 radical (unpaired) electrons. The van der Waals surface area contributed by atoms with E-state index in [1.807, 2.05) is 25.3 Å². The maximum absolute atomic E-state index is 13.8. The molecule has 3 fully saturated rings. The van der Waals surface area contributed by atoms with E-state index in [4.69, 9.17) is 14.2 Å². The fourth-order valence-corrected chi connectivity index (χ4v) is 6.18. The first-order valence-corrected chi connectivity index (χ1v) is 14.7. The van der Waals surface area contributed by atoms with Crippen LogP contribution in [0.1, 0.15) is 96.6 Å². The van der Waals surface area contributed by atoms with Crippen LogP contribution in [0.2, 0.25) is 0 Å². The van der Waals surface area contributed by atoms with Crippen molar-refractivity contribution in [3.63, 3.8) is 0 Å². The molecule has 1 amide bonds. The maximum atomic E-state index is 13.8. The van der Waals surface area contributed by atoms with Gasteiger partial charge in [0.25, 0.3) is 5.56 Å². The summed E-state index contributed by atoms with van der Waals surface area (Å²) in [5.74, 6) is 0.698. The van der Waals surface area contributed by atoms with Crippen LogP contribution in [0.5, 0.6) is 0 Å². The molecule has 2 aromatic rings. The quantitative estimate of drug-likeness (QED) is 0.478. The molecule has 9 heteroatoms. The highest BCUT2D eigenvalue weighted by Crippen LogP contribution is 2.44. The summed E-state index contributed by atoms with van der Waals surface area (Å²) in [5.41, 5.74) is 0.669. The number of hydrogen-bond acceptors (Lipinski definition) is 7. The zero-order valence-electron chi connectivity index (χ0n) is 24.0. The first-order chi connectivity index (χ1) is 18.7. The van der Waals surface area contributed by atoms with E-state index in [2.05, 4.69) is 29.5 Å². The van der Waals surface area contributed by atoms with Crippen molar-refractivity contribution in [2.24, 2.45) is 0 Å². The average Bonchev–Trinajstić information content (AvgIpc) is 3.37. The Morgan fingerprint density at radius 3 is 2.46 bits per heavy atom. The number of unbranched alkanes of at least 4 members (excludes halogenated alkanes) is 1. The van der Waals surface area contributed by atoms with E-state index >= 15 is 0 Å². The number of carbonyl (C=O) groups is 1. The molecule has 0 aromatic carbocycles. The third kappa shape index (κ3) is 6.24. The smallest absolute Gasteiger partial charge is 0.410 e. The molecule has 1 saturated carbocycles. The molecule has 4 heterocycles. The van der Waals surface area contributed by atoms with Gasteiger partial charge in [0.15, 0.2) is 5.79 Å². The van der Waals surface area contributed by atoms with Gasteiger partial charge in [-0.2, -0.15) is 0 Å². The number of fused-ring (bicyclic) bond motifs is 1. The summed E-state index contributed by atoms with van der Waals surface area (Å²) in [4.78, 5) is 32.8. The molecule has 3 aliphatic rings. The molecule has 2 saturated heterocycles. The van der Waals surface area contributed by atoms with Gasteiger partial charge < -0.3 is 29.0 Å².